The molecular weight excluding hydrogens is 168 g/mol. The minimum Gasteiger partial charge on any atom is -0.462 e. The van der Waals surface area contributed by atoms with E-state index < -0.39 is 5.97 Å². The van der Waals surface area contributed by atoms with Gasteiger partial charge in [0.05, 0.1) is 18.8 Å². The summed E-state index contributed by atoms with van der Waals surface area (Å²) in [6, 6.07) is 0. The number of aliphatic hydroxyl groups is 1. The molecular formula is C10H18O3. The average Bonchev–Trinajstić information content (AvgIpc) is 2.05. The summed E-state index contributed by atoms with van der Waals surface area (Å²) in [5, 5.41) is 8.86. The molecule has 0 radical (unpaired) electrons. The number of rotatable bonds is 5. The van der Waals surface area contributed by atoms with Crippen molar-refractivity contribution in [3.63, 3.8) is 0 Å². The van der Waals surface area contributed by atoms with Crippen LogP contribution in [0.25, 0.3) is 0 Å². The molecule has 0 bridgehead atoms. The Hall–Kier alpha value is -0.830. The van der Waals surface area contributed by atoms with Gasteiger partial charge in [0.1, 0.15) is 0 Å². The van der Waals surface area contributed by atoms with Crippen molar-refractivity contribution in [2.45, 2.75) is 33.6 Å². The molecule has 0 aromatic rings. The van der Waals surface area contributed by atoms with Crippen LogP contribution in [0.3, 0.4) is 0 Å². The van der Waals surface area contributed by atoms with Crippen LogP contribution in [0.15, 0.2) is 11.1 Å². The van der Waals surface area contributed by atoms with Crippen molar-refractivity contribution in [1.82, 2.24) is 0 Å². The summed E-state index contributed by atoms with van der Waals surface area (Å²) in [4.78, 5) is 11.3. The first-order valence-corrected chi connectivity index (χ1v) is 4.57. The second kappa shape index (κ2) is 6.66. The second-order valence-electron chi connectivity index (χ2n) is 3.13. The largest absolute Gasteiger partial charge is 0.462 e. The highest BCUT2D eigenvalue weighted by molar-refractivity contribution is 5.89. The van der Waals surface area contributed by atoms with Crippen LogP contribution < -0.4 is 0 Å². The molecule has 0 amide bonds. The van der Waals surface area contributed by atoms with E-state index in [4.69, 9.17) is 9.84 Å². The predicted molar refractivity (Wildman–Crippen MR) is 51.3 cm³/mol. The van der Waals surface area contributed by atoms with Gasteiger partial charge >= 0.3 is 5.97 Å². The molecule has 0 saturated carbocycles. The van der Waals surface area contributed by atoms with Gasteiger partial charge in [0.25, 0.3) is 0 Å². The zero-order valence-electron chi connectivity index (χ0n) is 8.59. The number of hydrogen-bond donors (Lipinski definition) is 1. The van der Waals surface area contributed by atoms with Gasteiger partial charge < -0.3 is 9.84 Å². The maximum absolute atomic E-state index is 11.3. The lowest BCUT2D eigenvalue weighted by molar-refractivity contribution is -0.139. The van der Waals surface area contributed by atoms with Gasteiger partial charge in [-0.3, -0.25) is 0 Å². The summed E-state index contributed by atoms with van der Waals surface area (Å²) in [5.41, 5.74) is 1.18. The fourth-order valence-corrected chi connectivity index (χ4v) is 0.823. The maximum atomic E-state index is 11.3. The lowest BCUT2D eigenvalue weighted by atomic mass is 10.1. The molecule has 0 heterocycles. The Labute approximate surface area is 79.4 Å². The summed E-state index contributed by atoms with van der Waals surface area (Å²) in [6.07, 6.45) is 1.86. The zero-order chi connectivity index (χ0) is 10.3. The van der Waals surface area contributed by atoms with Gasteiger partial charge in [-0.25, -0.2) is 4.79 Å². The van der Waals surface area contributed by atoms with Gasteiger partial charge in [-0.05, 0) is 20.3 Å². The summed E-state index contributed by atoms with van der Waals surface area (Å²) < 4.78 is 4.94. The van der Waals surface area contributed by atoms with E-state index in [1.54, 1.807) is 13.8 Å². The highest BCUT2D eigenvalue weighted by Crippen LogP contribution is 2.05. The third kappa shape index (κ3) is 4.68. The number of carbonyl (C=O) groups is 1. The van der Waals surface area contributed by atoms with E-state index in [9.17, 15) is 4.79 Å². The predicted octanol–water partition coefficient (Wildman–Crippen LogP) is 1.66. The molecule has 0 aliphatic heterocycles. The molecule has 3 heteroatoms. The van der Waals surface area contributed by atoms with Crippen molar-refractivity contribution in [2.75, 3.05) is 13.2 Å². The second-order valence-corrected chi connectivity index (χ2v) is 3.13. The lowest BCUT2D eigenvalue weighted by Gasteiger charge is -2.06. The minimum absolute atomic E-state index is 0.243. The van der Waals surface area contributed by atoms with Crippen molar-refractivity contribution in [3.05, 3.63) is 11.1 Å². The van der Waals surface area contributed by atoms with E-state index in [0.717, 1.165) is 18.4 Å². The first-order valence-electron chi connectivity index (χ1n) is 4.57. The Morgan fingerprint density at radius 3 is 2.38 bits per heavy atom. The quantitative estimate of drug-likeness (QED) is 0.403. The van der Waals surface area contributed by atoms with Gasteiger partial charge in [-0.2, -0.15) is 0 Å². The third-order valence-corrected chi connectivity index (χ3v) is 1.74. The fourth-order valence-electron chi connectivity index (χ4n) is 0.823. The minimum atomic E-state index is -0.393. The summed E-state index contributed by atoms with van der Waals surface area (Å²) >= 11 is 0. The summed E-state index contributed by atoms with van der Waals surface area (Å²) in [5.74, 6) is -0.393. The Balaban J connectivity index is 4.02. The van der Waals surface area contributed by atoms with Crippen molar-refractivity contribution in [1.29, 1.82) is 0 Å². The molecule has 0 saturated heterocycles. The van der Waals surface area contributed by atoms with Crippen LogP contribution >= 0.6 is 0 Å². The van der Waals surface area contributed by atoms with Gasteiger partial charge in [0.2, 0.25) is 0 Å². The molecule has 0 unspecified atom stereocenters. The molecule has 0 aliphatic rings. The lowest BCUT2D eigenvalue weighted by Crippen LogP contribution is -2.13. The molecule has 13 heavy (non-hydrogen) atoms. The number of esters is 1. The molecule has 0 atom stereocenters. The van der Waals surface area contributed by atoms with Crippen LogP contribution in [0.2, 0.25) is 0 Å². The third-order valence-electron chi connectivity index (χ3n) is 1.74. The number of ether oxygens (including phenoxy) is 1. The Morgan fingerprint density at radius 2 is 2.00 bits per heavy atom. The SMILES string of the molecule is CCCCOC(=O)C(CO)=C(C)C. The Kier molecular flexibility index (Phi) is 6.24. The number of allylic oxidation sites excluding steroid dienone is 1. The van der Waals surface area contributed by atoms with E-state index >= 15 is 0 Å². The molecule has 0 aliphatic carbocycles. The molecule has 0 aromatic carbocycles. The van der Waals surface area contributed by atoms with Gasteiger partial charge in [0, 0.05) is 0 Å². The molecule has 3 nitrogen and oxygen atoms in total. The topological polar surface area (TPSA) is 46.5 Å². The van der Waals surface area contributed by atoms with Crippen LogP contribution in [-0.2, 0) is 9.53 Å². The molecule has 0 aromatic heterocycles. The van der Waals surface area contributed by atoms with Gasteiger partial charge in [0.15, 0.2) is 0 Å². The first kappa shape index (κ1) is 12.2. The normalized spacial score (nSPS) is 9.54. The van der Waals surface area contributed by atoms with Crippen molar-refractivity contribution in [2.24, 2.45) is 0 Å². The molecule has 76 valence electrons. The van der Waals surface area contributed by atoms with Gasteiger partial charge in [-0.15, -0.1) is 0 Å². The number of hydrogen-bond acceptors (Lipinski definition) is 3. The molecule has 0 spiro atoms. The van der Waals surface area contributed by atoms with E-state index in [1.165, 1.54) is 0 Å². The van der Waals surface area contributed by atoms with Crippen molar-refractivity contribution >= 4 is 5.97 Å². The molecule has 1 N–H and O–H groups in total. The Bertz CT molecular complexity index is 190. The van der Waals surface area contributed by atoms with E-state index in [2.05, 4.69) is 0 Å². The van der Waals surface area contributed by atoms with Crippen molar-refractivity contribution in [3.8, 4) is 0 Å². The summed E-state index contributed by atoms with van der Waals surface area (Å²) in [7, 11) is 0. The fraction of sp³-hybridized carbons (Fsp3) is 0.700. The summed E-state index contributed by atoms with van der Waals surface area (Å²) in [6.45, 7) is 5.79. The smallest absolute Gasteiger partial charge is 0.336 e. The number of aliphatic hydroxyl groups excluding tert-OH is 1. The average molecular weight is 186 g/mol. The van der Waals surface area contributed by atoms with Crippen LogP contribution in [0, 0.1) is 0 Å². The highest BCUT2D eigenvalue weighted by atomic mass is 16.5. The number of carbonyl (C=O) groups excluding carboxylic acids is 1. The number of unbranched alkanes of at least 4 members (excludes halogenated alkanes) is 1. The Morgan fingerprint density at radius 1 is 1.38 bits per heavy atom. The van der Waals surface area contributed by atoms with Crippen molar-refractivity contribution < 1.29 is 14.6 Å². The van der Waals surface area contributed by atoms with Crippen LogP contribution in [0.5, 0.6) is 0 Å². The first-order chi connectivity index (χ1) is 6.13. The molecule has 0 rings (SSSR count). The highest BCUT2D eigenvalue weighted by Gasteiger charge is 2.10. The standard InChI is InChI=1S/C10H18O3/c1-4-5-6-13-10(12)9(7-11)8(2)3/h11H,4-7H2,1-3H3. The van der Waals surface area contributed by atoms with E-state index in [0.29, 0.717) is 12.2 Å². The monoisotopic (exact) mass is 186 g/mol. The molecule has 0 fully saturated rings. The van der Waals surface area contributed by atoms with E-state index in [1.807, 2.05) is 6.92 Å². The van der Waals surface area contributed by atoms with Crippen LogP contribution in [0.4, 0.5) is 0 Å². The van der Waals surface area contributed by atoms with Crippen LogP contribution in [-0.4, -0.2) is 24.3 Å². The van der Waals surface area contributed by atoms with Gasteiger partial charge in [-0.1, -0.05) is 18.9 Å². The maximum Gasteiger partial charge on any atom is 0.336 e. The van der Waals surface area contributed by atoms with Crippen LogP contribution in [0.1, 0.15) is 33.6 Å². The van der Waals surface area contributed by atoms with E-state index in [-0.39, 0.29) is 6.61 Å². The zero-order valence-corrected chi connectivity index (χ0v) is 8.59.